The highest BCUT2D eigenvalue weighted by atomic mass is 32.1. The second-order valence-corrected chi connectivity index (χ2v) is 14.4. The fourth-order valence-electron chi connectivity index (χ4n) is 6.65. The molecule has 47 heavy (non-hydrogen) atoms. The van der Waals surface area contributed by atoms with Gasteiger partial charge in [-0.15, -0.1) is 11.3 Å². The van der Waals surface area contributed by atoms with Gasteiger partial charge in [0.1, 0.15) is 16.2 Å². The molecule has 9 rings (SSSR count). The lowest BCUT2D eigenvalue weighted by Crippen LogP contribution is -2.41. The Hall–Kier alpha value is -4.75. The predicted octanol–water partition coefficient (Wildman–Crippen LogP) is 10.6. The molecule has 0 saturated carbocycles. The molecule has 6 aromatic carbocycles. The first-order valence-corrected chi connectivity index (χ1v) is 16.9. The highest BCUT2D eigenvalue weighted by Crippen LogP contribution is 2.41. The van der Waals surface area contributed by atoms with E-state index in [4.69, 9.17) is 18.7 Å². The fraction of sp³-hybridized carbons (Fsp3) is 0.146. The van der Waals surface area contributed by atoms with Gasteiger partial charge in [-0.1, -0.05) is 97.1 Å². The van der Waals surface area contributed by atoms with E-state index in [1.54, 1.807) is 11.3 Å². The zero-order valence-electron chi connectivity index (χ0n) is 26.7. The van der Waals surface area contributed by atoms with Gasteiger partial charge in [-0.05, 0) is 85.1 Å². The van der Waals surface area contributed by atoms with Crippen LogP contribution in [-0.2, 0) is 9.31 Å². The van der Waals surface area contributed by atoms with E-state index in [9.17, 15) is 0 Å². The Morgan fingerprint density at radius 2 is 1.32 bits per heavy atom. The monoisotopic (exact) mass is 629 g/mol. The summed E-state index contributed by atoms with van der Waals surface area (Å²) in [6, 6.07) is 42.9. The number of benzene rings is 6. The summed E-state index contributed by atoms with van der Waals surface area (Å²) in [5.41, 5.74) is 8.73. The van der Waals surface area contributed by atoms with Crippen molar-refractivity contribution >= 4 is 66.8 Å². The summed E-state index contributed by atoms with van der Waals surface area (Å²) in [6.07, 6.45) is 0. The van der Waals surface area contributed by atoms with Gasteiger partial charge in [0.15, 0.2) is 0 Å². The summed E-state index contributed by atoms with van der Waals surface area (Å²) in [6.45, 7) is 8.30. The van der Waals surface area contributed by atoms with Gasteiger partial charge in [0.25, 0.3) is 0 Å². The van der Waals surface area contributed by atoms with E-state index in [0.29, 0.717) is 0 Å². The minimum Gasteiger partial charge on any atom is -0.456 e. The number of hydrogen-bond acceptors (Lipinski definition) is 5. The summed E-state index contributed by atoms with van der Waals surface area (Å²) in [7, 11) is -0.433. The lowest BCUT2D eigenvalue weighted by molar-refractivity contribution is 0.00578. The smallest absolute Gasteiger partial charge is 0.456 e. The summed E-state index contributed by atoms with van der Waals surface area (Å²) < 4.78 is 20.2. The average molecular weight is 630 g/mol. The van der Waals surface area contributed by atoms with Crippen molar-refractivity contribution in [2.45, 2.75) is 38.9 Å². The highest BCUT2D eigenvalue weighted by Gasteiger charge is 2.51. The molecule has 8 aromatic rings. The quantitative estimate of drug-likeness (QED) is 0.182. The Balaban J connectivity index is 1.05. The molecule has 0 N–H and O–H groups in total. The SMILES string of the molecule is CC1(C)OB(c2ccc3c(c2)oc2cccc(-c4ccc(-c5nc6ccc7cc(-c8ccccc8)ccc7c6s5)cc4)c23)OC1(C)C. The lowest BCUT2D eigenvalue weighted by atomic mass is 9.79. The minimum atomic E-state index is -0.433. The van der Waals surface area contributed by atoms with Crippen LogP contribution in [0.2, 0.25) is 0 Å². The van der Waals surface area contributed by atoms with E-state index in [1.165, 1.54) is 26.6 Å². The third-order valence-electron chi connectivity index (χ3n) is 9.97. The topological polar surface area (TPSA) is 44.5 Å². The first-order valence-electron chi connectivity index (χ1n) is 16.0. The second kappa shape index (κ2) is 10.4. The van der Waals surface area contributed by atoms with E-state index >= 15 is 0 Å². The van der Waals surface area contributed by atoms with Crippen LogP contribution in [-0.4, -0.2) is 23.3 Å². The molecule has 0 unspecified atom stereocenters. The van der Waals surface area contributed by atoms with Gasteiger partial charge in [-0.25, -0.2) is 4.98 Å². The van der Waals surface area contributed by atoms with Crippen molar-refractivity contribution in [3.05, 3.63) is 121 Å². The summed E-state index contributed by atoms with van der Waals surface area (Å²) in [4.78, 5) is 5.04. The van der Waals surface area contributed by atoms with Crippen LogP contribution in [0.25, 0.3) is 75.8 Å². The number of hydrogen-bond donors (Lipinski definition) is 0. The van der Waals surface area contributed by atoms with Gasteiger partial charge in [0, 0.05) is 21.7 Å². The molecular formula is C41H32BNO3S. The molecule has 3 heterocycles. The Morgan fingerprint density at radius 3 is 2.11 bits per heavy atom. The van der Waals surface area contributed by atoms with E-state index in [-0.39, 0.29) is 0 Å². The Kier molecular flexibility index (Phi) is 6.29. The van der Waals surface area contributed by atoms with Crippen molar-refractivity contribution in [2.75, 3.05) is 0 Å². The van der Waals surface area contributed by atoms with E-state index in [0.717, 1.165) is 54.6 Å². The molecule has 4 nitrogen and oxygen atoms in total. The van der Waals surface area contributed by atoms with E-state index in [1.807, 2.05) is 6.07 Å². The van der Waals surface area contributed by atoms with E-state index in [2.05, 4.69) is 143 Å². The number of thiazole rings is 1. The maximum Gasteiger partial charge on any atom is 0.494 e. The molecule has 1 aliphatic rings. The first-order chi connectivity index (χ1) is 22.7. The number of nitrogens with zero attached hydrogens (tertiary/aromatic N) is 1. The molecule has 0 spiro atoms. The van der Waals surface area contributed by atoms with Crippen LogP contribution >= 0.6 is 11.3 Å². The van der Waals surface area contributed by atoms with Gasteiger partial charge in [0.2, 0.25) is 0 Å². The highest BCUT2D eigenvalue weighted by molar-refractivity contribution is 7.22. The molecule has 6 heteroatoms. The van der Waals surface area contributed by atoms with Crippen molar-refractivity contribution in [2.24, 2.45) is 0 Å². The third kappa shape index (κ3) is 4.62. The van der Waals surface area contributed by atoms with Crippen LogP contribution in [0.4, 0.5) is 0 Å². The average Bonchev–Trinajstić information content (AvgIpc) is 3.75. The Bertz CT molecular complexity index is 2460. The first kappa shape index (κ1) is 28.5. The van der Waals surface area contributed by atoms with E-state index < -0.39 is 18.3 Å². The maximum absolute atomic E-state index is 6.39. The molecule has 0 bridgehead atoms. The van der Waals surface area contributed by atoms with Crippen LogP contribution in [0, 0.1) is 0 Å². The zero-order valence-corrected chi connectivity index (χ0v) is 27.5. The number of rotatable bonds is 4. The van der Waals surface area contributed by atoms with Crippen LogP contribution in [0.15, 0.2) is 126 Å². The molecule has 0 amide bonds. The number of furan rings is 1. The second-order valence-electron chi connectivity index (χ2n) is 13.4. The van der Waals surface area contributed by atoms with Crippen molar-refractivity contribution in [1.29, 1.82) is 0 Å². The van der Waals surface area contributed by atoms with Crippen LogP contribution in [0.5, 0.6) is 0 Å². The van der Waals surface area contributed by atoms with Gasteiger partial charge in [-0.3, -0.25) is 0 Å². The van der Waals surface area contributed by atoms with Crippen LogP contribution < -0.4 is 5.46 Å². The Morgan fingerprint density at radius 1 is 0.596 bits per heavy atom. The standard InChI is InChI=1S/C41H32BNO3S/c1-40(2)41(3,4)46-42(45-40)30-19-21-33-36(24-30)44-35-12-8-11-31(37(33)35)26-13-15-27(16-14-26)39-43-34-22-18-29-23-28(25-9-6-5-7-10-25)17-20-32(29)38(34)47-39/h5-24H,1-4H3. The molecule has 228 valence electrons. The molecule has 0 radical (unpaired) electrons. The summed E-state index contributed by atoms with van der Waals surface area (Å²) in [5, 5.41) is 5.68. The summed E-state index contributed by atoms with van der Waals surface area (Å²) in [5.74, 6) is 0. The molecule has 0 aliphatic carbocycles. The van der Waals surface area contributed by atoms with Crippen molar-refractivity contribution in [3.8, 4) is 32.8 Å². The molecule has 1 aliphatic heterocycles. The van der Waals surface area contributed by atoms with Gasteiger partial charge in [0.05, 0.1) is 21.4 Å². The zero-order chi connectivity index (χ0) is 31.9. The minimum absolute atomic E-state index is 0.397. The largest absolute Gasteiger partial charge is 0.494 e. The molecular weight excluding hydrogens is 597 g/mol. The van der Waals surface area contributed by atoms with Crippen molar-refractivity contribution < 1.29 is 13.7 Å². The lowest BCUT2D eigenvalue weighted by Gasteiger charge is -2.32. The van der Waals surface area contributed by atoms with Crippen molar-refractivity contribution in [1.82, 2.24) is 4.98 Å². The maximum atomic E-state index is 6.39. The van der Waals surface area contributed by atoms with Gasteiger partial charge < -0.3 is 13.7 Å². The van der Waals surface area contributed by atoms with Crippen molar-refractivity contribution in [3.63, 3.8) is 0 Å². The number of fused-ring (bicyclic) bond motifs is 6. The molecule has 1 fully saturated rings. The molecule has 0 atom stereocenters. The number of aromatic nitrogens is 1. The van der Waals surface area contributed by atoms with Crippen LogP contribution in [0.3, 0.4) is 0 Å². The fourth-order valence-corrected chi connectivity index (χ4v) is 7.75. The third-order valence-corrected chi connectivity index (χ3v) is 11.1. The Labute approximate surface area is 277 Å². The molecule has 2 aromatic heterocycles. The van der Waals surface area contributed by atoms with Crippen LogP contribution in [0.1, 0.15) is 27.7 Å². The predicted molar refractivity (Wildman–Crippen MR) is 196 cm³/mol. The van der Waals surface area contributed by atoms with Gasteiger partial charge >= 0.3 is 7.12 Å². The van der Waals surface area contributed by atoms with Gasteiger partial charge in [-0.2, -0.15) is 0 Å². The molecule has 1 saturated heterocycles. The summed E-state index contributed by atoms with van der Waals surface area (Å²) >= 11 is 1.75. The normalized spacial score (nSPS) is 15.8.